The van der Waals surface area contributed by atoms with Crippen molar-refractivity contribution in [2.24, 2.45) is 0 Å². The van der Waals surface area contributed by atoms with Crippen molar-refractivity contribution in [3.63, 3.8) is 0 Å². The highest BCUT2D eigenvalue weighted by molar-refractivity contribution is 7.98. The van der Waals surface area contributed by atoms with E-state index in [9.17, 15) is 9.59 Å². The number of amides is 1. The van der Waals surface area contributed by atoms with Crippen molar-refractivity contribution >= 4 is 23.6 Å². The lowest BCUT2D eigenvalue weighted by atomic mass is 10.0. The summed E-state index contributed by atoms with van der Waals surface area (Å²) >= 11 is 1.62. The Morgan fingerprint density at radius 2 is 2.00 bits per heavy atom. The fourth-order valence-corrected chi connectivity index (χ4v) is 2.40. The second-order valence-corrected chi connectivity index (χ2v) is 5.55. The van der Waals surface area contributed by atoms with Gasteiger partial charge in [-0.2, -0.15) is 0 Å². The molecule has 0 spiro atoms. The minimum Gasteiger partial charge on any atom is -0.469 e. The van der Waals surface area contributed by atoms with Crippen LogP contribution in [0.1, 0.15) is 28.5 Å². The van der Waals surface area contributed by atoms with E-state index in [1.54, 1.807) is 11.8 Å². The molecule has 2 aromatic rings. The lowest BCUT2D eigenvalue weighted by molar-refractivity contribution is -0.141. The molecule has 6 nitrogen and oxygen atoms in total. The Morgan fingerprint density at radius 3 is 2.57 bits per heavy atom. The second kappa shape index (κ2) is 8.28. The molecule has 0 radical (unpaired) electrons. The SMILES string of the molecule is COC(=O)C[C@@H](NC(=O)c1cnccn1)c1ccc(SC)cc1. The van der Waals surface area contributed by atoms with Gasteiger partial charge in [-0.1, -0.05) is 12.1 Å². The molecule has 1 N–H and O–H groups in total. The fraction of sp³-hybridized carbons (Fsp3) is 0.250. The lowest BCUT2D eigenvalue weighted by Crippen LogP contribution is -2.31. The molecule has 7 heteroatoms. The molecule has 1 heterocycles. The summed E-state index contributed by atoms with van der Waals surface area (Å²) in [6.07, 6.45) is 6.33. The molecule has 0 saturated heterocycles. The fourth-order valence-electron chi connectivity index (χ4n) is 1.99. The van der Waals surface area contributed by atoms with Crippen molar-refractivity contribution in [1.82, 2.24) is 15.3 Å². The van der Waals surface area contributed by atoms with Gasteiger partial charge in [0, 0.05) is 17.3 Å². The first-order valence-corrected chi connectivity index (χ1v) is 8.14. The van der Waals surface area contributed by atoms with Gasteiger partial charge in [0.25, 0.3) is 5.91 Å². The summed E-state index contributed by atoms with van der Waals surface area (Å²) < 4.78 is 4.71. The van der Waals surface area contributed by atoms with Gasteiger partial charge in [0.1, 0.15) is 5.69 Å². The molecule has 0 bridgehead atoms. The zero-order chi connectivity index (χ0) is 16.7. The molecule has 1 atom stereocenters. The molecular weight excluding hydrogens is 314 g/mol. The van der Waals surface area contributed by atoms with Gasteiger partial charge in [-0.05, 0) is 24.0 Å². The van der Waals surface area contributed by atoms with Gasteiger partial charge in [0.2, 0.25) is 0 Å². The van der Waals surface area contributed by atoms with Crippen molar-refractivity contribution in [1.29, 1.82) is 0 Å². The summed E-state index contributed by atoms with van der Waals surface area (Å²) in [7, 11) is 1.32. The molecule has 0 aliphatic carbocycles. The third-order valence-electron chi connectivity index (χ3n) is 3.22. The Labute approximate surface area is 138 Å². The molecule has 0 aliphatic heterocycles. The Bertz CT molecular complexity index is 662. The summed E-state index contributed by atoms with van der Waals surface area (Å²) in [5.41, 5.74) is 1.02. The van der Waals surface area contributed by atoms with Gasteiger partial charge in [-0.15, -0.1) is 11.8 Å². The van der Waals surface area contributed by atoms with Crippen LogP contribution in [0, 0.1) is 0 Å². The van der Waals surface area contributed by atoms with Crippen molar-refractivity contribution in [2.45, 2.75) is 17.4 Å². The Kier molecular flexibility index (Phi) is 6.10. The van der Waals surface area contributed by atoms with E-state index in [0.717, 1.165) is 10.5 Å². The van der Waals surface area contributed by atoms with Crippen LogP contribution >= 0.6 is 11.8 Å². The molecule has 23 heavy (non-hydrogen) atoms. The van der Waals surface area contributed by atoms with Gasteiger partial charge < -0.3 is 10.1 Å². The standard InChI is InChI=1S/C16H17N3O3S/c1-22-15(20)9-13(11-3-5-12(23-2)6-4-11)19-16(21)14-10-17-7-8-18-14/h3-8,10,13H,9H2,1-2H3,(H,19,21)/t13-/m1/s1. The summed E-state index contributed by atoms with van der Waals surface area (Å²) in [5.74, 6) is -0.788. The first-order chi connectivity index (χ1) is 11.1. The highest BCUT2D eigenvalue weighted by Crippen LogP contribution is 2.22. The molecule has 120 valence electrons. The maximum Gasteiger partial charge on any atom is 0.307 e. The molecule has 0 aliphatic rings. The number of ether oxygens (including phenoxy) is 1. The van der Waals surface area contributed by atoms with Crippen molar-refractivity contribution in [2.75, 3.05) is 13.4 Å². The van der Waals surface area contributed by atoms with E-state index < -0.39 is 12.0 Å². The third-order valence-corrected chi connectivity index (χ3v) is 3.96. The first-order valence-electron chi connectivity index (χ1n) is 6.91. The molecule has 0 unspecified atom stereocenters. The van der Waals surface area contributed by atoms with Crippen LogP contribution in [0.4, 0.5) is 0 Å². The quantitative estimate of drug-likeness (QED) is 0.646. The van der Waals surface area contributed by atoms with Crippen LogP contribution in [0.2, 0.25) is 0 Å². The van der Waals surface area contributed by atoms with Gasteiger partial charge in [0.15, 0.2) is 0 Å². The minimum atomic E-state index is -0.493. The zero-order valence-corrected chi connectivity index (χ0v) is 13.7. The van der Waals surface area contributed by atoms with Crippen LogP contribution in [0.25, 0.3) is 0 Å². The number of hydrogen-bond donors (Lipinski definition) is 1. The lowest BCUT2D eigenvalue weighted by Gasteiger charge is -2.18. The first kappa shape index (κ1) is 17.0. The van der Waals surface area contributed by atoms with E-state index in [4.69, 9.17) is 4.74 Å². The summed E-state index contributed by atoms with van der Waals surface area (Å²) in [4.78, 5) is 32.8. The molecule has 0 fully saturated rings. The monoisotopic (exact) mass is 331 g/mol. The zero-order valence-electron chi connectivity index (χ0n) is 12.9. The van der Waals surface area contributed by atoms with E-state index >= 15 is 0 Å². The number of nitrogens with zero attached hydrogens (tertiary/aromatic N) is 2. The van der Waals surface area contributed by atoms with Crippen molar-refractivity contribution in [3.8, 4) is 0 Å². The molecule has 1 aromatic heterocycles. The van der Waals surface area contributed by atoms with E-state index in [-0.39, 0.29) is 18.0 Å². The smallest absolute Gasteiger partial charge is 0.307 e. The van der Waals surface area contributed by atoms with Crippen LogP contribution in [-0.2, 0) is 9.53 Å². The Balaban J connectivity index is 2.19. The van der Waals surface area contributed by atoms with Crippen LogP contribution in [0.5, 0.6) is 0 Å². The highest BCUT2D eigenvalue weighted by Gasteiger charge is 2.20. The van der Waals surface area contributed by atoms with Crippen LogP contribution in [0.15, 0.2) is 47.8 Å². The normalized spacial score (nSPS) is 11.6. The number of hydrogen-bond acceptors (Lipinski definition) is 6. The molecule has 0 saturated carbocycles. The van der Waals surface area contributed by atoms with E-state index in [1.165, 1.54) is 25.7 Å². The molecule has 1 aromatic carbocycles. The van der Waals surface area contributed by atoms with E-state index in [1.807, 2.05) is 30.5 Å². The van der Waals surface area contributed by atoms with Gasteiger partial charge in [-0.25, -0.2) is 4.98 Å². The van der Waals surface area contributed by atoms with Crippen LogP contribution in [0.3, 0.4) is 0 Å². The predicted octanol–water partition coefficient (Wildman–Crippen LogP) is 2.23. The van der Waals surface area contributed by atoms with Gasteiger partial charge >= 0.3 is 5.97 Å². The van der Waals surface area contributed by atoms with Crippen LogP contribution in [-0.4, -0.2) is 35.2 Å². The number of benzene rings is 1. The molecule has 1 amide bonds. The number of thioether (sulfide) groups is 1. The number of carbonyl (C=O) groups excluding carboxylic acids is 2. The summed E-state index contributed by atoms with van der Waals surface area (Å²) in [6.45, 7) is 0. The number of rotatable bonds is 6. The molecule has 2 rings (SSSR count). The third kappa shape index (κ3) is 4.79. The second-order valence-electron chi connectivity index (χ2n) is 4.67. The summed E-state index contributed by atoms with van der Waals surface area (Å²) in [6, 6.07) is 7.16. The van der Waals surface area contributed by atoms with Crippen molar-refractivity contribution < 1.29 is 14.3 Å². The number of methoxy groups -OCH3 is 1. The highest BCUT2D eigenvalue weighted by atomic mass is 32.2. The topological polar surface area (TPSA) is 81.2 Å². The van der Waals surface area contributed by atoms with Gasteiger partial charge in [0.05, 0.1) is 25.8 Å². The number of aromatic nitrogens is 2. The maximum absolute atomic E-state index is 12.3. The minimum absolute atomic E-state index is 0.0428. The summed E-state index contributed by atoms with van der Waals surface area (Å²) in [5, 5.41) is 2.80. The van der Waals surface area contributed by atoms with E-state index in [0.29, 0.717) is 0 Å². The van der Waals surface area contributed by atoms with Crippen molar-refractivity contribution in [3.05, 3.63) is 54.1 Å². The van der Waals surface area contributed by atoms with Gasteiger partial charge in [-0.3, -0.25) is 14.6 Å². The Hall–Kier alpha value is -2.41. The average molecular weight is 331 g/mol. The number of esters is 1. The largest absolute Gasteiger partial charge is 0.469 e. The molecular formula is C16H17N3O3S. The van der Waals surface area contributed by atoms with Crippen LogP contribution < -0.4 is 5.32 Å². The maximum atomic E-state index is 12.3. The Morgan fingerprint density at radius 1 is 1.26 bits per heavy atom. The van der Waals surface area contributed by atoms with E-state index in [2.05, 4.69) is 15.3 Å². The predicted molar refractivity (Wildman–Crippen MR) is 87.1 cm³/mol. The number of carbonyl (C=O) groups is 2. The average Bonchev–Trinajstić information content (AvgIpc) is 2.61. The number of nitrogens with one attached hydrogen (secondary N) is 1.